The maximum absolute atomic E-state index is 5.74. The number of rotatable bonds is 6. The lowest BCUT2D eigenvalue weighted by atomic mass is 10.2. The molecule has 0 amide bonds. The van der Waals surface area contributed by atoms with E-state index in [0.29, 0.717) is 0 Å². The Kier molecular flexibility index (Phi) is 5.20. The van der Waals surface area contributed by atoms with Crippen molar-refractivity contribution in [3.05, 3.63) is 66.2 Å². The zero-order chi connectivity index (χ0) is 13.3. The molecule has 0 aromatic heterocycles. The Morgan fingerprint density at radius 1 is 0.895 bits per heavy atom. The summed E-state index contributed by atoms with van der Waals surface area (Å²) in [6.07, 6.45) is 6.33. The predicted molar refractivity (Wildman–Crippen MR) is 80.3 cm³/mol. The van der Waals surface area contributed by atoms with E-state index in [0.717, 1.165) is 30.9 Å². The fraction of sp³-hybridized carbons (Fsp3) is 0.176. The van der Waals surface area contributed by atoms with Gasteiger partial charge >= 0.3 is 0 Å². The third kappa shape index (κ3) is 4.60. The number of ether oxygens (including phenoxy) is 1. The maximum Gasteiger partial charge on any atom is 0.127 e. The summed E-state index contributed by atoms with van der Waals surface area (Å²) in [5.41, 5.74) is 6.63. The zero-order valence-electron chi connectivity index (χ0n) is 11.0. The molecule has 0 heterocycles. The molecule has 0 aliphatic rings. The highest BCUT2D eigenvalue weighted by atomic mass is 16.5. The second kappa shape index (κ2) is 7.39. The Hall–Kier alpha value is -2.06. The molecule has 2 nitrogen and oxygen atoms in total. The molecular formula is C17H19NO. The number of hydrogen-bond donors (Lipinski definition) is 1. The fourth-order valence-electron chi connectivity index (χ4n) is 1.73. The van der Waals surface area contributed by atoms with Gasteiger partial charge in [-0.2, -0.15) is 0 Å². The van der Waals surface area contributed by atoms with Crippen LogP contribution in [0, 0.1) is 0 Å². The van der Waals surface area contributed by atoms with Crippen LogP contribution in [0.25, 0.3) is 6.08 Å². The first-order valence-corrected chi connectivity index (χ1v) is 6.58. The maximum atomic E-state index is 5.74. The van der Waals surface area contributed by atoms with Gasteiger partial charge in [0, 0.05) is 0 Å². The summed E-state index contributed by atoms with van der Waals surface area (Å²) in [6, 6.07) is 17.9. The molecule has 19 heavy (non-hydrogen) atoms. The van der Waals surface area contributed by atoms with Crippen LogP contribution in [0.15, 0.2) is 60.7 Å². The molecule has 0 fully saturated rings. The molecule has 2 aromatic rings. The van der Waals surface area contributed by atoms with E-state index in [1.807, 2.05) is 42.5 Å². The predicted octanol–water partition coefficient (Wildman–Crippen LogP) is 4.23. The number of benzene rings is 2. The van der Waals surface area contributed by atoms with E-state index in [9.17, 15) is 0 Å². The summed E-state index contributed by atoms with van der Waals surface area (Å²) in [6.45, 7) is 0.744. The van der Waals surface area contributed by atoms with E-state index in [2.05, 4.69) is 24.3 Å². The van der Waals surface area contributed by atoms with Crippen LogP contribution in [0.5, 0.6) is 11.5 Å². The Morgan fingerprint density at radius 3 is 2.26 bits per heavy atom. The first kappa shape index (κ1) is 13.4. The van der Waals surface area contributed by atoms with Crippen molar-refractivity contribution in [1.82, 2.24) is 0 Å². The molecule has 2 N–H and O–H groups in total. The monoisotopic (exact) mass is 253 g/mol. The standard InChI is InChI=1S/C17H19NO/c18-14-6-2-3-7-15-10-12-17(13-11-15)19-16-8-4-1-5-9-16/h1,3-5,7-13H,2,6,14,18H2. The fourth-order valence-corrected chi connectivity index (χ4v) is 1.73. The number of nitrogens with two attached hydrogens (primary N) is 1. The smallest absolute Gasteiger partial charge is 0.127 e. The van der Waals surface area contributed by atoms with Crippen molar-refractivity contribution in [3.8, 4) is 11.5 Å². The van der Waals surface area contributed by atoms with Crippen LogP contribution in [-0.2, 0) is 0 Å². The summed E-state index contributed by atoms with van der Waals surface area (Å²) in [5, 5.41) is 0. The molecule has 0 bridgehead atoms. The average molecular weight is 253 g/mol. The number of unbranched alkanes of at least 4 members (excludes halogenated alkanes) is 1. The molecule has 0 aliphatic carbocycles. The number of allylic oxidation sites excluding steroid dienone is 1. The van der Waals surface area contributed by atoms with Gasteiger partial charge in [0.1, 0.15) is 11.5 Å². The van der Waals surface area contributed by atoms with Crippen molar-refractivity contribution in [3.63, 3.8) is 0 Å². The van der Waals surface area contributed by atoms with Crippen molar-refractivity contribution >= 4 is 6.08 Å². The molecular weight excluding hydrogens is 234 g/mol. The molecule has 0 radical (unpaired) electrons. The summed E-state index contributed by atoms with van der Waals surface area (Å²) in [5.74, 6) is 1.71. The second-order valence-corrected chi connectivity index (χ2v) is 4.32. The lowest BCUT2D eigenvalue weighted by Crippen LogP contribution is -1.96. The minimum absolute atomic E-state index is 0.744. The Morgan fingerprint density at radius 2 is 1.58 bits per heavy atom. The molecule has 0 unspecified atom stereocenters. The normalized spacial score (nSPS) is 10.8. The Balaban J connectivity index is 1.93. The first-order valence-electron chi connectivity index (χ1n) is 6.58. The molecule has 0 atom stereocenters. The van der Waals surface area contributed by atoms with Gasteiger partial charge in [-0.05, 0) is 49.2 Å². The van der Waals surface area contributed by atoms with Crippen LogP contribution in [0.3, 0.4) is 0 Å². The van der Waals surface area contributed by atoms with Crippen molar-refractivity contribution in [2.24, 2.45) is 5.73 Å². The van der Waals surface area contributed by atoms with Crippen molar-refractivity contribution < 1.29 is 4.74 Å². The van der Waals surface area contributed by atoms with Gasteiger partial charge in [0.2, 0.25) is 0 Å². The van der Waals surface area contributed by atoms with Crippen LogP contribution in [0.4, 0.5) is 0 Å². The molecule has 0 saturated heterocycles. The van der Waals surface area contributed by atoms with Crippen molar-refractivity contribution in [1.29, 1.82) is 0 Å². The van der Waals surface area contributed by atoms with Crippen molar-refractivity contribution in [2.75, 3.05) is 6.54 Å². The van der Waals surface area contributed by atoms with Gasteiger partial charge in [-0.25, -0.2) is 0 Å². The first-order chi connectivity index (χ1) is 9.38. The highest BCUT2D eigenvalue weighted by Crippen LogP contribution is 2.21. The van der Waals surface area contributed by atoms with Gasteiger partial charge in [0.25, 0.3) is 0 Å². The highest BCUT2D eigenvalue weighted by molar-refractivity contribution is 5.50. The van der Waals surface area contributed by atoms with E-state index < -0.39 is 0 Å². The summed E-state index contributed by atoms with van der Waals surface area (Å²) < 4.78 is 5.74. The van der Waals surface area contributed by atoms with E-state index in [-0.39, 0.29) is 0 Å². The Bertz CT molecular complexity index is 503. The van der Waals surface area contributed by atoms with E-state index in [4.69, 9.17) is 10.5 Å². The van der Waals surface area contributed by atoms with Gasteiger partial charge in [-0.3, -0.25) is 0 Å². The van der Waals surface area contributed by atoms with Crippen LogP contribution in [0.2, 0.25) is 0 Å². The number of hydrogen-bond acceptors (Lipinski definition) is 2. The van der Waals surface area contributed by atoms with Gasteiger partial charge in [-0.15, -0.1) is 0 Å². The van der Waals surface area contributed by atoms with Crippen LogP contribution >= 0.6 is 0 Å². The quantitative estimate of drug-likeness (QED) is 0.782. The highest BCUT2D eigenvalue weighted by Gasteiger charge is 1.95. The lowest BCUT2D eigenvalue weighted by Gasteiger charge is -2.05. The van der Waals surface area contributed by atoms with Gasteiger partial charge in [0.15, 0.2) is 0 Å². The minimum atomic E-state index is 0.744. The lowest BCUT2D eigenvalue weighted by molar-refractivity contribution is 0.482. The summed E-state index contributed by atoms with van der Waals surface area (Å²) in [7, 11) is 0. The van der Waals surface area contributed by atoms with Gasteiger partial charge in [0.05, 0.1) is 0 Å². The summed E-state index contributed by atoms with van der Waals surface area (Å²) in [4.78, 5) is 0. The molecule has 0 aliphatic heterocycles. The van der Waals surface area contributed by atoms with Gasteiger partial charge < -0.3 is 10.5 Å². The number of para-hydroxylation sites is 1. The van der Waals surface area contributed by atoms with Gasteiger partial charge in [-0.1, -0.05) is 42.5 Å². The SMILES string of the molecule is NCCCC=Cc1ccc(Oc2ccccc2)cc1. The van der Waals surface area contributed by atoms with E-state index in [1.54, 1.807) is 0 Å². The third-order valence-electron chi connectivity index (χ3n) is 2.74. The molecule has 2 heteroatoms. The molecule has 0 spiro atoms. The molecule has 2 rings (SSSR count). The third-order valence-corrected chi connectivity index (χ3v) is 2.74. The molecule has 98 valence electrons. The van der Waals surface area contributed by atoms with Crippen LogP contribution in [-0.4, -0.2) is 6.54 Å². The van der Waals surface area contributed by atoms with E-state index in [1.165, 1.54) is 5.56 Å². The largest absolute Gasteiger partial charge is 0.457 e. The molecule has 0 saturated carbocycles. The minimum Gasteiger partial charge on any atom is -0.457 e. The Labute approximate surface area is 114 Å². The van der Waals surface area contributed by atoms with Crippen LogP contribution < -0.4 is 10.5 Å². The topological polar surface area (TPSA) is 35.2 Å². The van der Waals surface area contributed by atoms with Crippen molar-refractivity contribution in [2.45, 2.75) is 12.8 Å². The van der Waals surface area contributed by atoms with E-state index >= 15 is 0 Å². The average Bonchev–Trinajstić information content (AvgIpc) is 2.46. The van der Waals surface area contributed by atoms with Crippen LogP contribution in [0.1, 0.15) is 18.4 Å². The zero-order valence-corrected chi connectivity index (χ0v) is 11.0. The second-order valence-electron chi connectivity index (χ2n) is 4.32. The summed E-state index contributed by atoms with van der Waals surface area (Å²) >= 11 is 0. The molecule has 2 aromatic carbocycles.